The van der Waals surface area contributed by atoms with Crippen molar-refractivity contribution in [2.75, 3.05) is 18.9 Å². The van der Waals surface area contributed by atoms with E-state index in [2.05, 4.69) is 31.2 Å². The molecule has 6 nitrogen and oxygen atoms in total. The molecule has 7 heteroatoms. The van der Waals surface area contributed by atoms with Crippen LogP contribution in [0.3, 0.4) is 0 Å². The fourth-order valence-corrected chi connectivity index (χ4v) is 3.11. The van der Waals surface area contributed by atoms with Gasteiger partial charge >= 0.3 is 0 Å². The number of aryl methyl sites for hydroxylation is 1. The molecule has 142 valence electrons. The van der Waals surface area contributed by atoms with Crippen LogP contribution in [0.5, 0.6) is 0 Å². The van der Waals surface area contributed by atoms with Crippen LogP contribution in [0.4, 0.5) is 5.69 Å². The lowest BCUT2D eigenvalue weighted by Crippen LogP contribution is -2.35. The van der Waals surface area contributed by atoms with Gasteiger partial charge in [-0.25, -0.2) is 9.97 Å². The normalized spacial score (nSPS) is 10.4. The Morgan fingerprint density at radius 1 is 1.07 bits per heavy atom. The Morgan fingerprint density at radius 2 is 1.75 bits per heavy atom. The van der Waals surface area contributed by atoms with E-state index in [0.29, 0.717) is 17.1 Å². The number of nitrogens with one attached hydrogen (secondary N) is 1. The van der Waals surface area contributed by atoms with Gasteiger partial charge in [-0.2, -0.15) is 0 Å². The number of carbonyl (C=O) groups excluding carboxylic acids is 2. The number of hydrogen-bond donors (Lipinski definition) is 1. The third-order valence-electron chi connectivity index (χ3n) is 4.12. The summed E-state index contributed by atoms with van der Waals surface area (Å²) in [6.07, 6.45) is 2.95. The van der Waals surface area contributed by atoms with E-state index in [0.717, 1.165) is 15.6 Å². The Labute approximate surface area is 171 Å². The van der Waals surface area contributed by atoms with Crippen LogP contribution < -0.4 is 5.32 Å². The second kappa shape index (κ2) is 8.75. The van der Waals surface area contributed by atoms with Crippen molar-refractivity contribution < 1.29 is 9.59 Å². The highest BCUT2D eigenvalue weighted by molar-refractivity contribution is 9.10. The topological polar surface area (TPSA) is 75.2 Å². The second-order valence-corrected chi connectivity index (χ2v) is 7.25. The van der Waals surface area contributed by atoms with Crippen molar-refractivity contribution >= 4 is 33.4 Å². The molecule has 0 saturated heterocycles. The predicted octanol–water partition coefficient (Wildman–Crippen LogP) is 3.93. The number of likely N-dealkylation sites (N-methyl/N-ethyl adjacent to an activating group) is 1. The average Bonchev–Trinajstić information content (AvgIpc) is 2.70. The number of benzene rings is 2. The highest BCUT2D eigenvalue weighted by Gasteiger charge is 2.16. The molecule has 2 aromatic carbocycles. The molecule has 0 atom stereocenters. The van der Waals surface area contributed by atoms with E-state index in [4.69, 9.17) is 0 Å². The van der Waals surface area contributed by atoms with Crippen molar-refractivity contribution in [3.05, 3.63) is 76.5 Å². The third kappa shape index (κ3) is 4.80. The van der Waals surface area contributed by atoms with Gasteiger partial charge in [0, 0.05) is 35.2 Å². The van der Waals surface area contributed by atoms with E-state index in [1.807, 2.05) is 55.5 Å². The van der Waals surface area contributed by atoms with Crippen LogP contribution in [-0.4, -0.2) is 40.3 Å². The van der Waals surface area contributed by atoms with Crippen LogP contribution >= 0.6 is 15.9 Å². The Bertz CT molecular complexity index is 991. The van der Waals surface area contributed by atoms with Crippen molar-refractivity contribution in [3.63, 3.8) is 0 Å². The number of hydrogen-bond acceptors (Lipinski definition) is 4. The molecule has 3 aromatic rings. The summed E-state index contributed by atoms with van der Waals surface area (Å²) in [5, 5.41) is 2.82. The first kappa shape index (κ1) is 19.7. The average molecular weight is 439 g/mol. The van der Waals surface area contributed by atoms with Crippen molar-refractivity contribution in [3.8, 4) is 11.4 Å². The lowest BCUT2D eigenvalue weighted by molar-refractivity contribution is -0.116. The zero-order valence-corrected chi connectivity index (χ0v) is 17.1. The van der Waals surface area contributed by atoms with Crippen LogP contribution in [0.2, 0.25) is 0 Å². The molecule has 0 unspecified atom stereocenters. The molecule has 1 N–H and O–H groups in total. The van der Waals surface area contributed by atoms with Crippen molar-refractivity contribution in [1.82, 2.24) is 14.9 Å². The lowest BCUT2D eigenvalue weighted by atomic mass is 10.2. The van der Waals surface area contributed by atoms with E-state index in [1.54, 1.807) is 7.05 Å². The minimum absolute atomic E-state index is 0.0746. The monoisotopic (exact) mass is 438 g/mol. The maximum Gasteiger partial charge on any atom is 0.257 e. The second-order valence-electron chi connectivity index (χ2n) is 6.33. The third-order valence-corrected chi connectivity index (χ3v) is 4.61. The van der Waals surface area contributed by atoms with Crippen molar-refractivity contribution in [2.45, 2.75) is 6.92 Å². The number of amides is 2. The highest BCUT2D eigenvalue weighted by Crippen LogP contribution is 2.20. The number of halogens is 1. The smallest absolute Gasteiger partial charge is 0.257 e. The number of carbonyl (C=O) groups is 2. The summed E-state index contributed by atoms with van der Waals surface area (Å²) in [5.74, 6) is -0.0476. The van der Waals surface area contributed by atoms with E-state index in [1.165, 1.54) is 17.3 Å². The van der Waals surface area contributed by atoms with Crippen molar-refractivity contribution in [2.24, 2.45) is 0 Å². The van der Waals surface area contributed by atoms with E-state index in [9.17, 15) is 9.59 Å². The molecule has 28 heavy (non-hydrogen) atoms. The van der Waals surface area contributed by atoms with Gasteiger partial charge in [-0.1, -0.05) is 46.3 Å². The molecular weight excluding hydrogens is 420 g/mol. The number of rotatable bonds is 5. The maximum atomic E-state index is 12.6. The fourth-order valence-electron chi connectivity index (χ4n) is 2.64. The van der Waals surface area contributed by atoms with E-state index in [-0.39, 0.29) is 18.4 Å². The summed E-state index contributed by atoms with van der Waals surface area (Å²) in [7, 11) is 1.57. The standard InChI is InChI=1S/C21H19BrN4O2/c1-14-10-17(22)8-9-18(14)25-19(27)13-26(2)21(28)16-11-23-20(24-12-16)15-6-4-3-5-7-15/h3-12H,13H2,1-2H3,(H,25,27). The summed E-state index contributed by atoms with van der Waals surface area (Å²) < 4.78 is 0.939. The molecule has 3 rings (SSSR count). The fraction of sp³-hybridized carbons (Fsp3) is 0.143. The summed E-state index contributed by atoms with van der Waals surface area (Å²) in [5.41, 5.74) is 2.85. The summed E-state index contributed by atoms with van der Waals surface area (Å²) in [4.78, 5) is 34.7. The Hall–Kier alpha value is -3.06. The zero-order valence-electron chi connectivity index (χ0n) is 15.5. The minimum Gasteiger partial charge on any atom is -0.332 e. The lowest BCUT2D eigenvalue weighted by Gasteiger charge is -2.17. The molecule has 0 aliphatic carbocycles. The molecule has 0 aliphatic heterocycles. The quantitative estimate of drug-likeness (QED) is 0.654. The number of aromatic nitrogens is 2. The first-order valence-electron chi connectivity index (χ1n) is 8.63. The van der Waals surface area contributed by atoms with Gasteiger partial charge < -0.3 is 10.2 Å². The largest absolute Gasteiger partial charge is 0.332 e. The summed E-state index contributed by atoms with van der Waals surface area (Å²) in [6.45, 7) is 1.83. The highest BCUT2D eigenvalue weighted by atomic mass is 79.9. The summed E-state index contributed by atoms with van der Waals surface area (Å²) >= 11 is 3.39. The molecule has 0 radical (unpaired) electrons. The van der Waals surface area contributed by atoms with Crippen LogP contribution in [0, 0.1) is 6.92 Å². The van der Waals surface area contributed by atoms with Crippen LogP contribution in [-0.2, 0) is 4.79 Å². The SMILES string of the molecule is Cc1cc(Br)ccc1NC(=O)CN(C)C(=O)c1cnc(-c2ccccc2)nc1. The van der Waals surface area contributed by atoms with E-state index >= 15 is 0 Å². The van der Waals surface area contributed by atoms with Gasteiger partial charge in [0.1, 0.15) is 0 Å². The van der Waals surface area contributed by atoms with Gasteiger partial charge in [-0.3, -0.25) is 9.59 Å². The molecule has 2 amide bonds. The van der Waals surface area contributed by atoms with Gasteiger partial charge in [-0.05, 0) is 30.7 Å². The molecule has 0 spiro atoms. The first-order chi connectivity index (χ1) is 13.4. The molecule has 1 aromatic heterocycles. The first-order valence-corrected chi connectivity index (χ1v) is 9.42. The van der Waals surface area contributed by atoms with Gasteiger partial charge in [0.05, 0.1) is 12.1 Å². The van der Waals surface area contributed by atoms with E-state index < -0.39 is 0 Å². The maximum absolute atomic E-state index is 12.6. The van der Waals surface area contributed by atoms with Crippen LogP contribution in [0.15, 0.2) is 65.4 Å². The molecule has 0 aliphatic rings. The Morgan fingerprint density at radius 3 is 2.39 bits per heavy atom. The predicted molar refractivity (Wildman–Crippen MR) is 112 cm³/mol. The molecule has 0 fully saturated rings. The van der Waals surface area contributed by atoms with Gasteiger partial charge in [0.25, 0.3) is 5.91 Å². The Kier molecular flexibility index (Phi) is 6.16. The minimum atomic E-state index is -0.317. The van der Waals surface area contributed by atoms with Crippen LogP contribution in [0.25, 0.3) is 11.4 Å². The molecule has 1 heterocycles. The van der Waals surface area contributed by atoms with Crippen LogP contribution in [0.1, 0.15) is 15.9 Å². The number of anilines is 1. The molecular formula is C21H19BrN4O2. The molecule has 0 bridgehead atoms. The number of nitrogens with zero attached hydrogens (tertiary/aromatic N) is 3. The summed E-state index contributed by atoms with van der Waals surface area (Å²) in [6, 6.07) is 15.1. The Balaban J connectivity index is 1.63. The van der Waals surface area contributed by atoms with Gasteiger partial charge in [-0.15, -0.1) is 0 Å². The van der Waals surface area contributed by atoms with Gasteiger partial charge in [0.2, 0.25) is 5.91 Å². The molecule has 0 saturated carbocycles. The van der Waals surface area contributed by atoms with Crippen molar-refractivity contribution in [1.29, 1.82) is 0 Å². The van der Waals surface area contributed by atoms with Gasteiger partial charge in [0.15, 0.2) is 5.82 Å². The zero-order chi connectivity index (χ0) is 20.1.